The molecule has 0 radical (unpaired) electrons. The van der Waals surface area contributed by atoms with E-state index in [0.717, 1.165) is 17.1 Å². The number of phenolic OH excluding ortho intramolecular Hbond substituents is 1. The Morgan fingerprint density at radius 3 is 2.52 bits per heavy atom. The Kier molecular flexibility index (Phi) is 6.73. The molecule has 2 amide bonds. The monoisotopic (exact) mass is 589 g/mol. The van der Waals surface area contributed by atoms with Crippen LogP contribution in [0.1, 0.15) is 38.8 Å². The van der Waals surface area contributed by atoms with Gasteiger partial charge in [-0.2, -0.15) is 0 Å². The molecule has 0 fully saturated rings. The minimum absolute atomic E-state index is 0.0144. The van der Waals surface area contributed by atoms with Gasteiger partial charge in [0.05, 0.1) is 34.9 Å². The van der Waals surface area contributed by atoms with E-state index in [9.17, 15) is 23.5 Å². The Morgan fingerprint density at radius 2 is 1.73 bits per heavy atom. The summed E-state index contributed by atoms with van der Waals surface area (Å²) in [7, 11) is 0. The molecular formula is C34H25F2N5O3. The standard InChI is InChI=1S/C34H25F2N5O3/c35-22-9-18(10-23(36)14-22)11-30(39-31(43)13-21-17-37-27-8-7-24(42)15-25(21)27)33-32(40-28-3-1-2-4-29(28)41-33)19-5-6-20-16-38-34(44)26(20)12-19/h1-10,12,14-15,17,30,37,42H,11,13,16H2,(H,38,44)(H,39,43). The molecule has 8 nitrogen and oxygen atoms in total. The van der Waals surface area contributed by atoms with Gasteiger partial charge in [-0.15, -0.1) is 0 Å². The smallest absolute Gasteiger partial charge is 0.251 e. The molecular weight excluding hydrogens is 564 g/mol. The normalized spacial score (nSPS) is 13.2. The van der Waals surface area contributed by atoms with Crippen LogP contribution >= 0.6 is 0 Å². The molecule has 1 aliphatic rings. The number of rotatable bonds is 7. The summed E-state index contributed by atoms with van der Waals surface area (Å²) in [6.07, 6.45) is 1.69. The maximum Gasteiger partial charge on any atom is 0.251 e. The van der Waals surface area contributed by atoms with Crippen molar-refractivity contribution in [2.45, 2.75) is 25.4 Å². The van der Waals surface area contributed by atoms with Crippen molar-refractivity contribution in [3.63, 3.8) is 0 Å². The third kappa shape index (κ3) is 5.22. The molecule has 1 aliphatic heterocycles. The third-order valence-corrected chi connectivity index (χ3v) is 7.79. The van der Waals surface area contributed by atoms with Crippen molar-refractivity contribution in [1.82, 2.24) is 25.6 Å². The van der Waals surface area contributed by atoms with Gasteiger partial charge in [0.25, 0.3) is 5.91 Å². The van der Waals surface area contributed by atoms with Gasteiger partial charge in [-0.25, -0.2) is 18.7 Å². The quantitative estimate of drug-likeness (QED) is 0.192. The summed E-state index contributed by atoms with van der Waals surface area (Å²) in [5.74, 6) is -1.97. The Labute approximate surface area is 249 Å². The minimum Gasteiger partial charge on any atom is -0.508 e. The van der Waals surface area contributed by atoms with Crippen LogP contribution in [-0.2, 0) is 24.2 Å². The number of carbonyl (C=O) groups excluding carboxylic acids is 2. The second-order valence-electron chi connectivity index (χ2n) is 10.8. The first kappa shape index (κ1) is 27.2. The molecule has 0 saturated heterocycles. The van der Waals surface area contributed by atoms with Gasteiger partial charge < -0.3 is 20.7 Å². The van der Waals surface area contributed by atoms with E-state index in [0.29, 0.717) is 56.6 Å². The number of fused-ring (bicyclic) bond motifs is 3. The highest BCUT2D eigenvalue weighted by molar-refractivity contribution is 5.99. The first-order chi connectivity index (χ1) is 21.3. The van der Waals surface area contributed by atoms with E-state index >= 15 is 0 Å². The molecule has 10 heteroatoms. The summed E-state index contributed by atoms with van der Waals surface area (Å²) in [6, 6.07) is 20.0. The van der Waals surface area contributed by atoms with E-state index < -0.39 is 17.7 Å². The van der Waals surface area contributed by atoms with Crippen LogP contribution in [0.25, 0.3) is 33.2 Å². The van der Waals surface area contributed by atoms with Crippen LogP contribution in [-0.4, -0.2) is 31.9 Å². The third-order valence-electron chi connectivity index (χ3n) is 7.79. The van der Waals surface area contributed by atoms with Gasteiger partial charge in [-0.1, -0.05) is 24.3 Å². The molecule has 1 unspecified atom stereocenters. The van der Waals surface area contributed by atoms with E-state index in [2.05, 4.69) is 15.6 Å². The highest BCUT2D eigenvalue weighted by atomic mass is 19.1. The number of carbonyl (C=O) groups is 2. The molecule has 4 N–H and O–H groups in total. The summed E-state index contributed by atoms with van der Waals surface area (Å²) < 4.78 is 28.6. The molecule has 3 heterocycles. The first-order valence-electron chi connectivity index (χ1n) is 14.0. The number of nitrogens with one attached hydrogen (secondary N) is 3. The number of phenols is 1. The molecule has 0 spiro atoms. The van der Waals surface area contributed by atoms with E-state index in [1.54, 1.807) is 36.5 Å². The van der Waals surface area contributed by atoms with Gasteiger partial charge >= 0.3 is 0 Å². The van der Waals surface area contributed by atoms with Crippen LogP contribution in [0.2, 0.25) is 0 Å². The molecule has 0 saturated carbocycles. The van der Waals surface area contributed by atoms with Gasteiger partial charge in [0, 0.05) is 40.8 Å². The molecule has 0 aliphatic carbocycles. The lowest BCUT2D eigenvalue weighted by molar-refractivity contribution is -0.121. The summed E-state index contributed by atoms with van der Waals surface area (Å²) in [5, 5.41) is 16.5. The molecule has 2 aromatic heterocycles. The number of halogens is 2. The number of benzene rings is 4. The van der Waals surface area contributed by atoms with Gasteiger partial charge in [0.1, 0.15) is 17.4 Å². The minimum atomic E-state index is -0.850. The van der Waals surface area contributed by atoms with Crippen LogP contribution in [0.5, 0.6) is 5.75 Å². The van der Waals surface area contributed by atoms with Crippen molar-refractivity contribution in [3.8, 4) is 17.0 Å². The average Bonchev–Trinajstić information content (AvgIpc) is 3.57. The number of amides is 2. The fraction of sp³-hybridized carbons (Fsp3) is 0.118. The number of aromatic nitrogens is 3. The Hall–Kier alpha value is -5.64. The number of hydrogen-bond donors (Lipinski definition) is 4. The highest BCUT2D eigenvalue weighted by Crippen LogP contribution is 2.32. The Balaban J connectivity index is 1.33. The molecule has 1 atom stereocenters. The number of hydrogen-bond acceptors (Lipinski definition) is 5. The van der Waals surface area contributed by atoms with Crippen LogP contribution in [0.4, 0.5) is 8.78 Å². The zero-order valence-corrected chi connectivity index (χ0v) is 23.2. The van der Waals surface area contributed by atoms with Crippen LogP contribution in [0.3, 0.4) is 0 Å². The van der Waals surface area contributed by atoms with Crippen molar-refractivity contribution >= 4 is 33.8 Å². The summed E-state index contributed by atoms with van der Waals surface area (Å²) >= 11 is 0. The van der Waals surface area contributed by atoms with Gasteiger partial charge in [0.15, 0.2) is 0 Å². The summed E-state index contributed by atoms with van der Waals surface area (Å²) in [5.41, 5.74) is 5.75. The second-order valence-corrected chi connectivity index (χ2v) is 10.8. The van der Waals surface area contributed by atoms with Gasteiger partial charge in [-0.05, 0) is 71.6 Å². The molecule has 0 bridgehead atoms. The number of aromatic hydroxyl groups is 1. The van der Waals surface area contributed by atoms with Crippen LogP contribution < -0.4 is 10.6 Å². The maximum absolute atomic E-state index is 14.3. The van der Waals surface area contributed by atoms with E-state index in [4.69, 9.17) is 9.97 Å². The van der Waals surface area contributed by atoms with Crippen molar-refractivity contribution in [2.75, 3.05) is 0 Å². The average molecular weight is 590 g/mol. The lowest BCUT2D eigenvalue weighted by Crippen LogP contribution is -2.32. The van der Waals surface area contributed by atoms with E-state index in [-0.39, 0.29) is 30.4 Å². The van der Waals surface area contributed by atoms with Gasteiger partial charge in [-0.3, -0.25) is 9.59 Å². The molecule has 44 heavy (non-hydrogen) atoms. The van der Waals surface area contributed by atoms with Crippen LogP contribution in [0, 0.1) is 11.6 Å². The lowest BCUT2D eigenvalue weighted by Gasteiger charge is -2.22. The highest BCUT2D eigenvalue weighted by Gasteiger charge is 2.26. The van der Waals surface area contributed by atoms with Crippen molar-refractivity contribution in [1.29, 1.82) is 0 Å². The maximum atomic E-state index is 14.3. The number of H-pyrrole nitrogens is 1. The zero-order valence-electron chi connectivity index (χ0n) is 23.2. The second kappa shape index (κ2) is 10.9. The summed E-state index contributed by atoms with van der Waals surface area (Å²) in [4.78, 5) is 39.0. The van der Waals surface area contributed by atoms with Gasteiger partial charge in [0.2, 0.25) is 5.91 Å². The largest absolute Gasteiger partial charge is 0.508 e. The van der Waals surface area contributed by atoms with Crippen molar-refractivity contribution < 1.29 is 23.5 Å². The zero-order chi connectivity index (χ0) is 30.4. The van der Waals surface area contributed by atoms with Crippen molar-refractivity contribution in [2.24, 2.45) is 0 Å². The molecule has 4 aromatic carbocycles. The predicted molar refractivity (Wildman–Crippen MR) is 161 cm³/mol. The molecule has 7 rings (SSSR count). The SMILES string of the molecule is O=C(Cc1c[nH]c2ccc(O)cc12)NC(Cc1cc(F)cc(F)c1)c1nc2ccccc2nc1-c1ccc2c(c1)C(=O)NC2. The fourth-order valence-corrected chi connectivity index (χ4v) is 5.74. The first-order valence-corrected chi connectivity index (χ1v) is 14.0. The Bertz CT molecular complexity index is 2090. The topological polar surface area (TPSA) is 120 Å². The molecule has 218 valence electrons. The molecule has 6 aromatic rings. The predicted octanol–water partition coefficient (Wildman–Crippen LogP) is 5.65. The van der Waals surface area contributed by atoms with Crippen molar-refractivity contribution in [3.05, 3.63) is 125 Å². The fourth-order valence-electron chi connectivity index (χ4n) is 5.74. The Morgan fingerprint density at radius 1 is 0.955 bits per heavy atom. The van der Waals surface area contributed by atoms with Crippen LogP contribution in [0.15, 0.2) is 85.1 Å². The number of nitrogens with zero attached hydrogens (tertiary/aromatic N) is 2. The number of aromatic amines is 1. The van der Waals surface area contributed by atoms with E-state index in [1.807, 2.05) is 30.3 Å². The number of para-hydroxylation sites is 2. The lowest BCUT2D eigenvalue weighted by atomic mass is 9.96. The van der Waals surface area contributed by atoms with E-state index in [1.165, 1.54) is 12.1 Å². The summed E-state index contributed by atoms with van der Waals surface area (Å²) in [6.45, 7) is 0.431.